The van der Waals surface area contributed by atoms with E-state index in [1.54, 1.807) is 24.3 Å². The van der Waals surface area contributed by atoms with E-state index in [0.29, 0.717) is 35.4 Å². The van der Waals surface area contributed by atoms with Crippen molar-refractivity contribution in [1.82, 2.24) is 9.44 Å². The van der Waals surface area contributed by atoms with Crippen LogP contribution in [0.1, 0.15) is 22.3 Å². The van der Waals surface area contributed by atoms with Gasteiger partial charge in [0.2, 0.25) is 20.0 Å². The van der Waals surface area contributed by atoms with Crippen molar-refractivity contribution in [2.45, 2.75) is 34.2 Å². The molecule has 0 saturated carbocycles. The summed E-state index contributed by atoms with van der Waals surface area (Å²) >= 11 is 0. The highest BCUT2D eigenvalue weighted by molar-refractivity contribution is 7.90. The van der Waals surface area contributed by atoms with Crippen molar-refractivity contribution in [2.75, 3.05) is 0 Å². The Kier molecular flexibility index (Phi) is 6.97. The van der Waals surface area contributed by atoms with Crippen molar-refractivity contribution in [1.29, 1.82) is 0 Å². The van der Waals surface area contributed by atoms with Gasteiger partial charge in [0.1, 0.15) is 5.66 Å². The van der Waals surface area contributed by atoms with Crippen LogP contribution < -0.4 is 9.44 Å². The summed E-state index contributed by atoms with van der Waals surface area (Å²) in [4.78, 5) is -1.59. The molecule has 6 nitrogen and oxygen atoms in total. The Labute approximate surface area is 214 Å². The second-order valence-electron chi connectivity index (χ2n) is 8.44. The normalized spacial score (nSPS) is 15.7. The van der Waals surface area contributed by atoms with E-state index in [9.17, 15) is 43.2 Å². The van der Waals surface area contributed by atoms with Gasteiger partial charge in [0.15, 0.2) is 0 Å². The van der Waals surface area contributed by atoms with Gasteiger partial charge in [-0.3, -0.25) is 0 Å². The summed E-state index contributed by atoms with van der Waals surface area (Å²) in [6.45, 7) is 0. The van der Waals surface area contributed by atoms with Crippen LogP contribution in [0, 0.1) is 0 Å². The number of alkyl halides is 6. The highest BCUT2D eigenvalue weighted by Crippen LogP contribution is 2.33. The molecule has 14 heteroatoms. The third-order valence-electron chi connectivity index (χ3n) is 5.65. The summed E-state index contributed by atoms with van der Waals surface area (Å²) in [6.07, 6.45) is -7.50. The third kappa shape index (κ3) is 5.93. The molecule has 202 valence electrons. The van der Waals surface area contributed by atoms with Crippen LogP contribution in [-0.4, -0.2) is 22.5 Å². The number of nitrogens with one attached hydrogen (secondary N) is 2. The summed E-state index contributed by atoms with van der Waals surface area (Å²) in [5.41, 5.74) is -3.59. The molecule has 0 radical (unpaired) electrons. The van der Waals surface area contributed by atoms with Gasteiger partial charge >= 0.3 is 12.4 Å². The molecular formula is C24H18F6N2O4S2. The molecule has 0 aliphatic heterocycles. The number of sulfonamides is 2. The van der Waals surface area contributed by atoms with Crippen molar-refractivity contribution in [3.8, 4) is 0 Å². The van der Waals surface area contributed by atoms with Gasteiger partial charge in [0, 0.05) is 6.42 Å². The summed E-state index contributed by atoms with van der Waals surface area (Å²) in [7, 11) is -9.60. The fourth-order valence-electron chi connectivity index (χ4n) is 3.89. The fraction of sp³-hybridized carbons (Fsp3) is 0.167. The highest BCUT2D eigenvalue weighted by atomic mass is 32.2. The molecule has 0 amide bonds. The maximum atomic E-state index is 13.2. The minimum absolute atomic E-state index is 0.337. The molecule has 0 aromatic heterocycles. The van der Waals surface area contributed by atoms with Crippen molar-refractivity contribution in [3.63, 3.8) is 0 Å². The highest BCUT2D eigenvalue weighted by Gasteiger charge is 2.41. The van der Waals surface area contributed by atoms with Crippen LogP contribution in [0.2, 0.25) is 0 Å². The predicted octanol–water partition coefficient (Wildman–Crippen LogP) is 4.95. The Morgan fingerprint density at radius 2 is 1.13 bits per heavy atom. The van der Waals surface area contributed by atoms with Gasteiger partial charge in [-0.25, -0.2) is 16.8 Å². The lowest BCUT2D eigenvalue weighted by atomic mass is 9.91. The van der Waals surface area contributed by atoms with Gasteiger partial charge in [0.25, 0.3) is 0 Å². The minimum atomic E-state index is -4.85. The van der Waals surface area contributed by atoms with Crippen LogP contribution in [0.4, 0.5) is 26.3 Å². The molecule has 3 aromatic carbocycles. The zero-order valence-corrected chi connectivity index (χ0v) is 20.6. The molecule has 4 rings (SSSR count). The molecule has 38 heavy (non-hydrogen) atoms. The molecule has 1 aliphatic carbocycles. The number of fused-ring (bicyclic) bond motifs is 1. The monoisotopic (exact) mass is 576 g/mol. The Bertz CT molecular complexity index is 1530. The Hall–Kier alpha value is -3.20. The lowest BCUT2D eigenvalue weighted by molar-refractivity contribution is -0.138. The average molecular weight is 577 g/mol. The lowest BCUT2D eigenvalue weighted by Crippen LogP contribution is -2.61. The van der Waals surface area contributed by atoms with E-state index in [4.69, 9.17) is 0 Å². The van der Waals surface area contributed by atoms with Crippen LogP contribution in [0.5, 0.6) is 0 Å². The van der Waals surface area contributed by atoms with Crippen molar-refractivity contribution in [3.05, 3.63) is 101 Å². The molecule has 0 unspecified atom stereocenters. The molecule has 2 N–H and O–H groups in total. The maximum absolute atomic E-state index is 13.2. The van der Waals surface area contributed by atoms with Gasteiger partial charge < -0.3 is 0 Å². The molecule has 0 bridgehead atoms. The standard InChI is InChI=1S/C24H18F6N2O4S2/c25-23(26,27)18-7-3-9-20(13-18)37(33,34)31-22(12-11-16-5-1-2-6-17(16)15-22)32-38(35,36)21-10-4-8-19(14-21)24(28,29)30/h1-14,31-32H,15H2. The van der Waals surface area contributed by atoms with Crippen LogP contribution in [0.3, 0.4) is 0 Å². The van der Waals surface area contributed by atoms with Crippen LogP contribution in [0.25, 0.3) is 6.08 Å². The topological polar surface area (TPSA) is 92.3 Å². The van der Waals surface area contributed by atoms with E-state index >= 15 is 0 Å². The number of rotatable bonds is 6. The first-order valence-corrected chi connectivity index (χ1v) is 13.7. The first-order chi connectivity index (χ1) is 17.5. The number of hydrogen-bond acceptors (Lipinski definition) is 4. The quantitative estimate of drug-likeness (QED) is 0.321. The van der Waals surface area contributed by atoms with Gasteiger partial charge in [-0.1, -0.05) is 42.5 Å². The average Bonchev–Trinajstić information content (AvgIpc) is 2.82. The van der Waals surface area contributed by atoms with E-state index in [1.165, 1.54) is 6.08 Å². The molecular weight excluding hydrogens is 558 g/mol. The molecule has 0 heterocycles. The third-order valence-corrected chi connectivity index (χ3v) is 8.66. The first-order valence-electron chi connectivity index (χ1n) is 10.7. The molecule has 0 atom stereocenters. The summed E-state index contributed by atoms with van der Waals surface area (Å²) in [6, 6.07) is 12.2. The summed E-state index contributed by atoms with van der Waals surface area (Å²) in [5.74, 6) is 0. The largest absolute Gasteiger partial charge is 0.416 e. The molecule has 0 saturated heterocycles. The number of benzene rings is 3. The summed E-state index contributed by atoms with van der Waals surface area (Å²) in [5, 5.41) is 0. The van der Waals surface area contributed by atoms with Crippen LogP contribution in [0.15, 0.2) is 88.7 Å². The van der Waals surface area contributed by atoms with Gasteiger partial charge in [0.05, 0.1) is 20.9 Å². The van der Waals surface area contributed by atoms with Gasteiger partial charge in [-0.15, -0.1) is 0 Å². The second-order valence-corrected chi connectivity index (χ2v) is 11.8. The van der Waals surface area contributed by atoms with E-state index < -0.39 is 59.0 Å². The predicted molar refractivity (Wildman–Crippen MR) is 125 cm³/mol. The van der Waals surface area contributed by atoms with Crippen molar-refractivity contribution < 1.29 is 43.2 Å². The Morgan fingerprint density at radius 3 is 1.61 bits per heavy atom. The maximum Gasteiger partial charge on any atom is 0.416 e. The Morgan fingerprint density at radius 1 is 0.658 bits per heavy atom. The van der Waals surface area contributed by atoms with Gasteiger partial charge in [-0.05, 0) is 53.6 Å². The molecule has 0 spiro atoms. The van der Waals surface area contributed by atoms with Crippen LogP contribution >= 0.6 is 0 Å². The molecule has 3 aromatic rings. The lowest BCUT2D eigenvalue weighted by Gasteiger charge is -2.35. The number of halogens is 6. The van der Waals surface area contributed by atoms with E-state index in [1.807, 2.05) is 0 Å². The number of hydrogen-bond donors (Lipinski definition) is 2. The molecule has 0 fully saturated rings. The SMILES string of the molecule is O=S(=O)(NC1(NS(=O)(=O)c2cccc(C(F)(F)F)c2)C=Cc2ccccc2C1)c1cccc(C(F)(F)F)c1. The summed E-state index contributed by atoms with van der Waals surface area (Å²) < 4.78 is 136. The van der Waals surface area contributed by atoms with E-state index in [2.05, 4.69) is 9.44 Å². The van der Waals surface area contributed by atoms with Crippen LogP contribution in [-0.2, 0) is 38.8 Å². The smallest absolute Gasteiger partial charge is 0.207 e. The van der Waals surface area contributed by atoms with Crippen molar-refractivity contribution >= 4 is 26.1 Å². The zero-order valence-electron chi connectivity index (χ0n) is 19.0. The molecule has 1 aliphatic rings. The van der Waals surface area contributed by atoms with Gasteiger partial charge in [-0.2, -0.15) is 35.8 Å². The van der Waals surface area contributed by atoms with Crippen molar-refractivity contribution in [2.24, 2.45) is 0 Å². The Balaban J connectivity index is 1.78. The first kappa shape index (κ1) is 27.8. The fourth-order valence-corrected chi connectivity index (χ4v) is 6.61. The van der Waals surface area contributed by atoms with E-state index in [0.717, 1.165) is 30.3 Å². The minimum Gasteiger partial charge on any atom is -0.207 e. The van der Waals surface area contributed by atoms with E-state index in [-0.39, 0.29) is 6.42 Å². The zero-order chi connectivity index (χ0) is 28.0. The second kappa shape index (κ2) is 9.52.